The molecule has 0 fully saturated rings. The van der Waals surface area contributed by atoms with E-state index < -0.39 is 6.04 Å². The summed E-state index contributed by atoms with van der Waals surface area (Å²) in [6.45, 7) is 3.80. The van der Waals surface area contributed by atoms with Crippen LogP contribution >= 0.6 is 22.9 Å². The highest BCUT2D eigenvalue weighted by Crippen LogP contribution is 2.39. The van der Waals surface area contributed by atoms with Crippen molar-refractivity contribution in [2.45, 2.75) is 19.9 Å². The molecule has 0 saturated heterocycles. The van der Waals surface area contributed by atoms with Gasteiger partial charge in [0.2, 0.25) is 5.82 Å². The minimum atomic E-state index is -0.433. The Balaban J connectivity index is 1.67. The minimum Gasteiger partial charge on any atom is -0.334 e. The number of hydrogen-bond acceptors (Lipinski definition) is 5. The van der Waals surface area contributed by atoms with Gasteiger partial charge < -0.3 is 9.84 Å². The number of rotatable bonds is 4. The van der Waals surface area contributed by atoms with Gasteiger partial charge in [-0.05, 0) is 48.6 Å². The highest BCUT2D eigenvalue weighted by Gasteiger charge is 2.36. The summed E-state index contributed by atoms with van der Waals surface area (Å²) in [5.41, 5.74) is 3.96. The Hall–Kier alpha value is -3.42. The number of thiophene rings is 1. The number of aryl methyl sites for hydroxylation is 1. The normalized spacial score (nSPS) is 16.4. The fourth-order valence-electron chi connectivity index (χ4n) is 3.79. The predicted octanol–water partition coefficient (Wildman–Crippen LogP) is 6.46. The summed E-state index contributed by atoms with van der Waals surface area (Å²) in [7, 11) is 0. The van der Waals surface area contributed by atoms with Gasteiger partial charge in [-0.3, -0.25) is 4.90 Å². The van der Waals surface area contributed by atoms with E-state index in [1.54, 1.807) is 11.0 Å². The van der Waals surface area contributed by atoms with Crippen molar-refractivity contribution in [1.82, 2.24) is 15.5 Å². The molecule has 2 aromatic heterocycles. The number of aromatic nitrogens is 2. The van der Waals surface area contributed by atoms with Crippen molar-refractivity contribution >= 4 is 40.2 Å². The Morgan fingerprint density at radius 3 is 2.62 bits per heavy atom. The smallest absolute Gasteiger partial charge is 0.326 e. The van der Waals surface area contributed by atoms with Crippen molar-refractivity contribution < 1.29 is 9.32 Å². The Morgan fingerprint density at radius 2 is 1.91 bits per heavy atom. The highest BCUT2D eigenvalue weighted by atomic mass is 35.5. The standard InChI is InChI=1S/C24H19ClN4O2S/c1-14-10-11-17(13-18(14)25)29-15(2)20(21(26-24(29)30)16-7-4-3-5-8-16)23-27-22(28-31-23)19-9-6-12-32-19/h3-13,21H,1-2H3,(H,26,30). The van der Waals surface area contributed by atoms with Gasteiger partial charge in [-0.15, -0.1) is 11.3 Å². The first-order valence-corrected chi connectivity index (χ1v) is 11.3. The average Bonchev–Trinajstić information content (AvgIpc) is 3.48. The van der Waals surface area contributed by atoms with E-state index >= 15 is 0 Å². The molecule has 8 heteroatoms. The minimum absolute atomic E-state index is 0.252. The second kappa shape index (κ2) is 8.26. The number of hydrogen-bond donors (Lipinski definition) is 1. The largest absolute Gasteiger partial charge is 0.334 e. The lowest BCUT2D eigenvalue weighted by Crippen LogP contribution is -2.46. The molecule has 1 aliphatic heterocycles. The Bertz CT molecular complexity index is 1320. The van der Waals surface area contributed by atoms with E-state index in [2.05, 4.69) is 15.5 Å². The van der Waals surface area contributed by atoms with E-state index in [0.717, 1.165) is 21.6 Å². The molecule has 1 aliphatic rings. The summed E-state index contributed by atoms with van der Waals surface area (Å²) in [6, 6.07) is 18.5. The van der Waals surface area contributed by atoms with Crippen LogP contribution in [0.5, 0.6) is 0 Å². The number of nitrogens with one attached hydrogen (secondary N) is 1. The Labute approximate surface area is 194 Å². The zero-order valence-corrected chi connectivity index (χ0v) is 18.9. The molecule has 0 bridgehead atoms. The number of amides is 2. The van der Waals surface area contributed by atoms with Crippen molar-refractivity contribution in [3.05, 3.63) is 93.8 Å². The molecule has 3 heterocycles. The van der Waals surface area contributed by atoms with E-state index in [1.807, 2.05) is 73.8 Å². The monoisotopic (exact) mass is 462 g/mol. The van der Waals surface area contributed by atoms with Gasteiger partial charge in [0.05, 0.1) is 22.2 Å². The number of allylic oxidation sites excluding steroid dienone is 1. The molecular formula is C24H19ClN4O2S. The third kappa shape index (κ3) is 3.59. The molecule has 0 radical (unpaired) electrons. The molecule has 0 aliphatic carbocycles. The third-order valence-electron chi connectivity index (χ3n) is 5.43. The lowest BCUT2D eigenvalue weighted by molar-refractivity contribution is 0.244. The summed E-state index contributed by atoms with van der Waals surface area (Å²) in [4.78, 5) is 20.4. The predicted molar refractivity (Wildman–Crippen MR) is 127 cm³/mol. The van der Waals surface area contributed by atoms with Gasteiger partial charge in [-0.2, -0.15) is 4.98 Å². The number of carbonyl (C=O) groups is 1. The van der Waals surface area contributed by atoms with Crippen LogP contribution in [0.2, 0.25) is 5.02 Å². The Kier molecular flexibility index (Phi) is 5.28. The molecule has 6 nitrogen and oxygen atoms in total. The van der Waals surface area contributed by atoms with Crippen LogP contribution in [0.15, 0.2) is 76.3 Å². The van der Waals surface area contributed by atoms with Gasteiger partial charge in [-0.25, -0.2) is 4.79 Å². The molecule has 160 valence electrons. The average molecular weight is 463 g/mol. The maximum absolute atomic E-state index is 13.2. The molecule has 2 amide bonds. The fourth-order valence-corrected chi connectivity index (χ4v) is 4.61. The zero-order chi connectivity index (χ0) is 22.2. The number of urea groups is 1. The molecule has 1 atom stereocenters. The summed E-state index contributed by atoms with van der Waals surface area (Å²) in [5, 5.41) is 9.83. The van der Waals surface area contributed by atoms with Gasteiger partial charge in [0.15, 0.2) is 0 Å². The molecule has 4 aromatic rings. The van der Waals surface area contributed by atoms with E-state index in [-0.39, 0.29) is 6.03 Å². The first kappa shape index (κ1) is 20.5. The molecule has 1 unspecified atom stereocenters. The van der Waals surface area contributed by atoms with Gasteiger partial charge >= 0.3 is 6.03 Å². The molecule has 2 aromatic carbocycles. The van der Waals surface area contributed by atoms with Crippen LogP contribution in [0.4, 0.5) is 10.5 Å². The summed E-state index contributed by atoms with van der Waals surface area (Å²) < 4.78 is 5.70. The topological polar surface area (TPSA) is 71.3 Å². The van der Waals surface area contributed by atoms with Crippen LogP contribution in [0.1, 0.15) is 30.0 Å². The van der Waals surface area contributed by atoms with Gasteiger partial charge in [0.1, 0.15) is 0 Å². The molecule has 1 N–H and O–H groups in total. The van der Waals surface area contributed by atoms with Crippen LogP contribution in [0.25, 0.3) is 16.3 Å². The molecular weight excluding hydrogens is 444 g/mol. The molecule has 5 rings (SSSR count). The van der Waals surface area contributed by atoms with Gasteiger partial charge in [0.25, 0.3) is 5.89 Å². The summed E-state index contributed by atoms with van der Waals surface area (Å²) in [6.07, 6.45) is 0. The number of nitrogens with zero attached hydrogens (tertiary/aromatic N) is 3. The maximum Gasteiger partial charge on any atom is 0.326 e. The molecule has 0 spiro atoms. The number of halogens is 1. The van der Waals surface area contributed by atoms with Crippen molar-refractivity contribution in [3.8, 4) is 10.7 Å². The molecule has 0 saturated carbocycles. The second-order valence-electron chi connectivity index (χ2n) is 7.46. The quantitative estimate of drug-likeness (QED) is 0.377. The van der Waals surface area contributed by atoms with Crippen LogP contribution in [-0.4, -0.2) is 16.2 Å². The van der Waals surface area contributed by atoms with Crippen LogP contribution in [-0.2, 0) is 0 Å². The Morgan fingerprint density at radius 1 is 1.09 bits per heavy atom. The lowest BCUT2D eigenvalue weighted by Gasteiger charge is -2.35. The zero-order valence-electron chi connectivity index (χ0n) is 17.4. The maximum atomic E-state index is 13.2. The number of anilines is 1. The number of carbonyl (C=O) groups excluding carboxylic acids is 1. The SMILES string of the molecule is CC1=C(c2nc(-c3cccs3)no2)C(c2ccccc2)NC(=O)N1c1ccc(C)c(Cl)c1. The first-order valence-electron chi connectivity index (χ1n) is 10.0. The lowest BCUT2D eigenvalue weighted by atomic mass is 9.94. The van der Waals surface area contributed by atoms with Crippen molar-refractivity contribution in [2.75, 3.05) is 4.90 Å². The fraction of sp³-hybridized carbons (Fsp3) is 0.125. The van der Waals surface area contributed by atoms with E-state index in [1.165, 1.54) is 11.3 Å². The van der Waals surface area contributed by atoms with Gasteiger partial charge in [-0.1, -0.05) is 59.2 Å². The van der Waals surface area contributed by atoms with Crippen molar-refractivity contribution in [3.63, 3.8) is 0 Å². The van der Waals surface area contributed by atoms with Crippen LogP contribution in [0.3, 0.4) is 0 Å². The summed E-state index contributed by atoms with van der Waals surface area (Å²) in [5.74, 6) is 0.881. The third-order valence-corrected chi connectivity index (χ3v) is 6.70. The number of benzene rings is 2. The first-order chi connectivity index (χ1) is 15.5. The van der Waals surface area contributed by atoms with Crippen LogP contribution < -0.4 is 10.2 Å². The van der Waals surface area contributed by atoms with Gasteiger partial charge in [0, 0.05) is 10.7 Å². The van der Waals surface area contributed by atoms with Crippen molar-refractivity contribution in [2.24, 2.45) is 0 Å². The highest BCUT2D eigenvalue weighted by molar-refractivity contribution is 7.13. The summed E-state index contributed by atoms with van der Waals surface area (Å²) >= 11 is 7.89. The van der Waals surface area contributed by atoms with E-state index in [4.69, 9.17) is 16.1 Å². The molecule has 32 heavy (non-hydrogen) atoms. The van der Waals surface area contributed by atoms with E-state index in [0.29, 0.717) is 28.1 Å². The van der Waals surface area contributed by atoms with Crippen molar-refractivity contribution in [1.29, 1.82) is 0 Å². The second-order valence-corrected chi connectivity index (χ2v) is 8.82. The van der Waals surface area contributed by atoms with Crippen LogP contribution in [0, 0.1) is 6.92 Å². The van der Waals surface area contributed by atoms with E-state index in [9.17, 15) is 4.79 Å².